The number of nitrogens with zero attached hydrogens (tertiary/aromatic N) is 1. The van der Waals surface area contributed by atoms with E-state index in [1.54, 1.807) is 36.4 Å². The molecule has 1 N–H and O–H groups in total. The lowest BCUT2D eigenvalue weighted by atomic mass is 10.0. The summed E-state index contributed by atoms with van der Waals surface area (Å²) in [6.07, 6.45) is -0.318. The van der Waals surface area contributed by atoms with Gasteiger partial charge in [-0.15, -0.1) is 0 Å². The molecular formula is C20H19ClN2O5. The number of para-hydroxylation sites is 1. The van der Waals surface area contributed by atoms with Gasteiger partial charge < -0.3 is 9.47 Å². The third-order valence-electron chi connectivity index (χ3n) is 3.64. The maximum absolute atomic E-state index is 12.0. The number of benzene rings is 2. The molecule has 1 amide bonds. The van der Waals surface area contributed by atoms with Gasteiger partial charge in [-0.25, -0.2) is 10.2 Å². The number of aryl methyl sites for hydroxylation is 1. The molecule has 0 aromatic heterocycles. The van der Waals surface area contributed by atoms with E-state index in [1.165, 1.54) is 0 Å². The first kappa shape index (κ1) is 21.1. The van der Waals surface area contributed by atoms with E-state index in [1.807, 2.05) is 19.1 Å². The normalized spacial score (nSPS) is 10.9. The number of rotatable bonds is 8. The molecule has 0 aliphatic carbocycles. The number of carbonyl (C=O) groups is 3. The largest absolute Gasteiger partial charge is 0.482 e. The number of ether oxygens (including phenoxy) is 2. The second kappa shape index (κ2) is 10.2. The van der Waals surface area contributed by atoms with Gasteiger partial charge in [0, 0.05) is 0 Å². The summed E-state index contributed by atoms with van der Waals surface area (Å²) < 4.78 is 9.76. The minimum absolute atomic E-state index is 0.224. The topological polar surface area (TPSA) is 94.1 Å². The molecule has 0 fully saturated rings. The van der Waals surface area contributed by atoms with Gasteiger partial charge in [0.2, 0.25) is 5.78 Å². The zero-order valence-corrected chi connectivity index (χ0v) is 16.2. The average molecular weight is 403 g/mol. The van der Waals surface area contributed by atoms with Gasteiger partial charge >= 0.3 is 5.97 Å². The van der Waals surface area contributed by atoms with E-state index >= 15 is 0 Å². The zero-order chi connectivity index (χ0) is 20.5. The third kappa shape index (κ3) is 6.21. The molecule has 0 radical (unpaired) electrons. The van der Waals surface area contributed by atoms with Crippen LogP contribution in [-0.4, -0.2) is 37.1 Å². The van der Waals surface area contributed by atoms with E-state index in [-0.39, 0.29) is 18.7 Å². The summed E-state index contributed by atoms with van der Waals surface area (Å²) >= 11 is 5.96. The van der Waals surface area contributed by atoms with E-state index in [9.17, 15) is 14.4 Å². The molecule has 0 atom stereocenters. The van der Waals surface area contributed by atoms with Crippen molar-refractivity contribution in [3.63, 3.8) is 0 Å². The van der Waals surface area contributed by atoms with Crippen molar-refractivity contribution in [1.82, 2.24) is 5.43 Å². The van der Waals surface area contributed by atoms with Crippen molar-refractivity contribution in [2.75, 3.05) is 13.7 Å². The summed E-state index contributed by atoms with van der Waals surface area (Å²) in [5, 5.41) is 4.37. The molecule has 2 aromatic carbocycles. The molecule has 0 bridgehead atoms. The number of hydrazone groups is 1. The number of nitrogens with one attached hydrogen (secondary N) is 1. The standard InChI is InChI=1S/C20H19ClN2O5/c1-13-7-9-14(10-8-13)16(11-17(24)20(26)27-2)22-23-19(25)12-28-18-6-4-3-5-15(18)21/h3-10H,11-12H2,1-2H3,(H,23,25). The van der Waals surface area contributed by atoms with Gasteiger partial charge in [0.15, 0.2) is 6.61 Å². The first-order valence-electron chi connectivity index (χ1n) is 8.31. The number of methoxy groups -OCH3 is 1. The molecule has 2 aromatic rings. The van der Waals surface area contributed by atoms with Crippen molar-refractivity contribution in [3.8, 4) is 5.75 Å². The van der Waals surface area contributed by atoms with Crippen LogP contribution in [-0.2, 0) is 19.1 Å². The van der Waals surface area contributed by atoms with Crippen molar-refractivity contribution in [1.29, 1.82) is 0 Å². The summed E-state index contributed by atoms with van der Waals surface area (Å²) in [5.74, 6) is -1.94. The number of amides is 1. The molecule has 0 saturated heterocycles. The lowest BCUT2D eigenvalue weighted by molar-refractivity contribution is -0.151. The third-order valence-corrected chi connectivity index (χ3v) is 3.95. The van der Waals surface area contributed by atoms with Gasteiger partial charge in [0.05, 0.1) is 24.3 Å². The van der Waals surface area contributed by atoms with Crippen LogP contribution in [0.15, 0.2) is 53.6 Å². The van der Waals surface area contributed by atoms with Crippen molar-refractivity contribution >= 4 is 35.0 Å². The summed E-state index contributed by atoms with van der Waals surface area (Å²) in [5.41, 5.74) is 4.15. The molecule has 0 aliphatic heterocycles. The highest BCUT2D eigenvalue weighted by atomic mass is 35.5. The quantitative estimate of drug-likeness (QED) is 0.317. The highest BCUT2D eigenvalue weighted by Crippen LogP contribution is 2.22. The van der Waals surface area contributed by atoms with Crippen LogP contribution < -0.4 is 10.2 Å². The second-order valence-electron chi connectivity index (χ2n) is 5.77. The molecule has 146 valence electrons. The van der Waals surface area contributed by atoms with Crippen LogP contribution in [0.3, 0.4) is 0 Å². The smallest absolute Gasteiger partial charge is 0.374 e. The Morgan fingerprint density at radius 1 is 1.07 bits per heavy atom. The molecule has 8 heteroatoms. The maximum atomic E-state index is 12.0. The van der Waals surface area contributed by atoms with Gasteiger partial charge in [-0.2, -0.15) is 5.10 Å². The Hall–Kier alpha value is -3.19. The van der Waals surface area contributed by atoms with Crippen LogP contribution in [0, 0.1) is 6.92 Å². The Morgan fingerprint density at radius 3 is 2.39 bits per heavy atom. The van der Waals surface area contributed by atoms with E-state index in [0.29, 0.717) is 16.3 Å². The fourth-order valence-corrected chi connectivity index (χ4v) is 2.35. The Labute approximate surface area is 167 Å². The van der Waals surface area contributed by atoms with Gasteiger partial charge in [-0.05, 0) is 24.6 Å². The monoisotopic (exact) mass is 402 g/mol. The van der Waals surface area contributed by atoms with Gasteiger partial charge in [-0.3, -0.25) is 9.59 Å². The van der Waals surface area contributed by atoms with Gasteiger partial charge in [-0.1, -0.05) is 53.6 Å². The van der Waals surface area contributed by atoms with Crippen LogP contribution in [0.25, 0.3) is 0 Å². The van der Waals surface area contributed by atoms with Crippen LogP contribution in [0.1, 0.15) is 17.5 Å². The van der Waals surface area contributed by atoms with Gasteiger partial charge in [0.25, 0.3) is 5.91 Å². The molecule has 0 spiro atoms. The lowest BCUT2D eigenvalue weighted by Gasteiger charge is -2.09. The molecule has 0 aliphatic rings. The van der Waals surface area contributed by atoms with Crippen molar-refractivity contribution in [2.24, 2.45) is 5.10 Å². The molecule has 7 nitrogen and oxygen atoms in total. The number of halogens is 1. The van der Waals surface area contributed by atoms with E-state index < -0.39 is 17.7 Å². The fourth-order valence-electron chi connectivity index (χ4n) is 2.16. The molecule has 2 rings (SSSR count). The summed E-state index contributed by atoms with van der Waals surface area (Å²) in [6, 6.07) is 13.9. The fraction of sp³-hybridized carbons (Fsp3) is 0.200. The number of ketones is 1. The van der Waals surface area contributed by atoms with Crippen LogP contribution in [0.4, 0.5) is 0 Å². The van der Waals surface area contributed by atoms with Crippen molar-refractivity contribution in [2.45, 2.75) is 13.3 Å². The van der Waals surface area contributed by atoms with Crippen molar-refractivity contribution < 1.29 is 23.9 Å². The Morgan fingerprint density at radius 2 is 1.75 bits per heavy atom. The highest BCUT2D eigenvalue weighted by molar-refractivity contribution is 6.38. The number of Topliss-reactive ketones (excluding diaryl/α,β-unsaturated/α-hetero) is 1. The lowest BCUT2D eigenvalue weighted by Crippen LogP contribution is -2.27. The van der Waals surface area contributed by atoms with Gasteiger partial charge in [0.1, 0.15) is 5.75 Å². The zero-order valence-electron chi connectivity index (χ0n) is 15.4. The van der Waals surface area contributed by atoms with Crippen LogP contribution >= 0.6 is 11.6 Å². The summed E-state index contributed by atoms with van der Waals surface area (Å²) in [7, 11) is 1.12. The summed E-state index contributed by atoms with van der Waals surface area (Å²) in [6.45, 7) is 1.59. The predicted octanol–water partition coefficient (Wildman–Crippen LogP) is 2.68. The molecule has 28 heavy (non-hydrogen) atoms. The Bertz CT molecular complexity index is 894. The molecular weight excluding hydrogens is 384 g/mol. The Kier molecular flexibility index (Phi) is 7.71. The Balaban J connectivity index is 2.08. The van der Waals surface area contributed by atoms with E-state index in [2.05, 4.69) is 15.3 Å². The maximum Gasteiger partial charge on any atom is 0.374 e. The first-order chi connectivity index (χ1) is 13.4. The van der Waals surface area contributed by atoms with Crippen LogP contribution in [0.2, 0.25) is 5.02 Å². The highest BCUT2D eigenvalue weighted by Gasteiger charge is 2.18. The average Bonchev–Trinajstić information content (AvgIpc) is 2.70. The van der Waals surface area contributed by atoms with E-state index in [4.69, 9.17) is 16.3 Å². The molecule has 0 unspecified atom stereocenters. The number of esters is 1. The van der Waals surface area contributed by atoms with E-state index in [0.717, 1.165) is 12.7 Å². The minimum atomic E-state index is -0.979. The molecule has 0 heterocycles. The van der Waals surface area contributed by atoms with Crippen molar-refractivity contribution in [3.05, 3.63) is 64.7 Å². The number of carbonyl (C=O) groups excluding carboxylic acids is 3. The summed E-state index contributed by atoms with van der Waals surface area (Å²) in [4.78, 5) is 35.4. The first-order valence-corrected chi connectivity index (χ1v) is 8.69. The number of hydrogen-bond donors (Lipinski definition) is 1. The van der Waals surface area contributed by atoms with Crippen LogP contribution in [0.5, 0.6) is 5.75 Å². The number of hydrogen-bond acceptors (Lipinski definition) is 6. The SMILES string of the molecule is COC(=O)C(=O)CC(=NNC(=O)COc1ccccc1Cl)c1ccc(C)cc1. The minimum Gasteiger partial charge on any atom is -0.482 e. The predicted molar refractivity (Wildman–Crippen MR) is 104 cm³/mol. The second-order valence-corrected chi connectivity index (χ2v) is 6.18. The molecule has 0 saturated carbocycles.